The number of cyclic esters (lactones) is 1. The molecular weight excluding hydrogens is 252 g/mol. The van der Waals surface area contributed by atoms with E-state index >= 15 is 0 Å². The molecule has 0 bridgehead atoms. The molecule has 0 spiro atoms. The summed E-state index contributed by atoms with van der Waals surface area (Å²) in [6.07, 6.45) is -0.341. The number of amides is 1. The predicted molar refractivity (Wildman–Crippen MR) is 50.0 cm³/mol. The Morgan fingerprint density at radius 3 is 2.57 bits per heavy atom. The van der Waals surface area contributed by atoms with Crippen molar-refractivity contribution in [3.05, 3.63) is 0 Å². The number of hydrogen-bond acceptors (Lipinski definition) is 3. The lowest BCUT2D eigenvalue weighted by atomic mass is 10.2. The van der Waals surface area contributed by atoms with Crippen LogP contribution in [-0.4, -0.2) is 32.8 Å². The summed E-state index contributed by atoms with van der Waals surface area (Å²) in [6, 6.07) is -0.567. The Balaban J connectivity index is 2.29. The van der Waals surface area contributed by atoms with Crippen molar-refractivity contribution < 1.29 is 14.3 Å². The number of ether oxygens (including phenoxy) is 1. The smallest absolute Gasteiger partial charge is 0.331 e. The average Bonchev–Trinajstić information content (AvgIpc) is 2.54. The highest BCUT2D eigenvalue weighted by Gasteiger charge is 2.55. The molecule has 2 rings (SSSR count). The van der Waals surface area contributed by atoms with Crippen LogP contribution < -0.4 is 0 Å². The predicted octanol–water partition coefficient (Wildman–Crippen LogP) is 1.23. The van der Waals surface area contributed by atoms with Crippen LogP contribution in [-0.2, 0) is 14.3 Å². The summed E-state index contributed by atoms with van der Waals surface area (Å²) in [7, 11) is 0. The molecule has 0 aromatic rings. The van der Waals surface area contributed by atoms with Crippen molar-refractivity contribution in [2.45, 2.75) is 28.9 Å². The molecule has 2 aliphatic rings. The maximum absolute atomic E-state index is 11.4. The number of alkyl halides is 3. The van der Waals surface area contributed by atoms with Crippen LogP contribution in [0.15, 0.2) is 0 Å². The van der Waals surface area contributed by atoms with Crippen molar-refractivity contribution in [2.24, 2.45) is 0 Å². The highest BCUT2D eigenvalue weighted by Crippen LogP contribution is 2.41. The number of carbonyl (C=O) groups excluding carboxylic acids is 2. The summed E-state index contributed by atoms with van der Waals surface area (Å²) in [6.45, 7) is 0. The first-order chi connectivity index (χ1) is 6.41. The molecule has 2 saturated heterocycles. The molecule has 2 aliphatic heterocycles. The Hall–Kier alpha value is -0.190. The maximum Gasteiger partial charge on any atom is 0.331 e. The second-order valence-corrected chi connectivity index (χ2v) is 5.56. The normalized spacial score (nSPS) is 32.1. The van der Waals surface area contributed by atoms with Gasteiger partial charge in [-0.05, 0) is 6.42 Å². The summed E-state index contributed by atoms with van der Waals surface area (Å²) in [4.78, 5) is 23.9. The number of halogens is 3. The number of fused-ring (bicyclic) bond motifs is 1. The quantitative estimate of drug-likeness (QED) is 0.485. The summed E-state index contributed by atoms with van der Waals surface area (Å²) >= 11 is 16.8. The van der Waals surface area contributed by atoms with Crippen molar-refractivity contribution >= 4 is 46.7 Å². The van der Waals surface area contributed by atoms with Crippen molar-refractivity contribution in [1.29, 1.82) is 0 Å². The SMILES string of the molecule is O=C1O[C@H](C(Cl)(Cl)Cl)N2C(=O)CC[C@@H]12. The topological polar surface area (TPSA) is 46.6 Å². The van der Waals surface area contributed by atoms with Crippen LogP contribution in [0.25, 0.3) is 0 Å². The molecule has 78 valence electrons. The maximum atomic E-state index is 11.4. The molecular formula is C7H6Cl3NO3. The Kier molecular flexibility index (Phi) is 2.33. The fraction of sp³-hybridized carbons (Fsp3) is 0.714. The Bertz CT molecular complexity index is 299. The van der Waals surface area contributed by atoms with Gasteiger partial charge in [0, 0.05) is 6.42 Å². The Labute approximate surface area is 95.0 Å². The molecule has 0 aromatic heterocycles. The minimum atomic E-state index is -1.79. The van der Waals surface area contributed by atoms with Crippen molar-refractivity contribution in [3.63, 3.8) is 0 Å². The standard InChI is InChI=1S/C7H6Cl3NO3/c8-7(9,10)6-11-3(5(13)14-6)1-2-4(11)12/h3,6H,1-2H2/t3-,6+/m0/s1. The molecule has 0 N–H and O–H groups in total. The molecule has 0 unspecified atom stereocenters. The Morgan fingerprint density at radius 2 is 2.00 bits per heavy atom. The van der Waals surface area contributed by atoms with Gasteiger partial charge in [-0.2, -0.15) is 0 Å². The second-order valence-electron chi connectivity index (χ2n) is 3.19. The fourth-order valence-corrected chi connectivity index (χ4v) is 2.15. The molecule has 2 fully saturated rings. The minimum absolute atomic E-state index is 0.211. The highest BCUT2D eigenvalue weighted by molar-refractivity contribution is 6.68. The van der Waals surface area contributed by atoms with E-state index in [4.69, 9.17) is 39.5 Å². The molecule has 0 aliphatic carbocycles. The summed E-state index contributed by atoms with van der Waals surface area (Å²) < 4.78 is 3.05. The molecule has 2 atom stereocenters. The van der Waals surface area contributed by atoms with E-state index in [-0.39, 0.29) is 5.91 Å². The van der Waals surface area contributed by atoms with Crippen molar-refractivity contribution in [2.75, 3.05) is 0 Å². The zero-order valence-electron chi connectivity index (χ0n) is 6.87. The van der Waals surface area contributed by atoms with E-state index < -0.39 is 22.0 Å². The summed E-state index contributed by atoms with van der Waals surface area (Å²) in [5.41, 5.74) is 0. The zero-order chi connectivity index (χ0) is 10.5. The fourth-order valence-electron chi connectivity index (χ4n) is 1.70. The highest BCUT2D eigenvalue weighted by atomic mass is 35.6. The van der Waals surface area contributed by atoms with Crippen molar-refractivity contribution in [1.82, 2.24) is 4.90 Å². The van der Waals surface area contributed by atoms with E-state index in [0.717, 1.165) is 0 Å². The van der Waals surface area contributed by atoms with Gasteiger partial charge in [-0.15, -0.1) is 0 Å². The zero-order valence-corrected chi connectivity index (χ0v) is 9.14. The van der Waals surface area contributed by atoms with E-state index in [1.54, 1.807) is 0 Å². The number of nitrogens with zero attached hydrogens (tertiary/aromatic N) is 1. The summed E-state index contributed by atoms with van der Waals surface area (Å²) in [5, 5.41) is 0. The van der Waals surface area contributed by atoms with Gasteiger partial charge in [-0.1, -0.05) is 34.8 Å². The summed E-state index contributed by atoms with van der Waals surface area (Å²) in [5.74, 6) is -0.704. The van der Waals surface area contributed by atoms with Gasteiger partial charge in [0.1, 0.15) is 6.04 Å². The van der Waals surface area contributed by atoms with Gasteiger partial charge in [-0.25, -0.2) is 4.79 Å². The molecule has 4 nitrogen and oxygen atoms in total. The van der Waals surface area contributed by atoms with Gasteiger partial charge in [0.2, 0.25) is 15.9 Å². The van der Waals surface area contributed by atoms with E-state index in [0.29, 0.717) is 12.8 Å². The van der Waals surface area contributed by atoms with Gasteiger partial charge in [0.05, 0.1) is 0 Å². The molecule has 0 radical (unpaired) electrons. The Morgan fingerprint density at radius 1 is 1.36 bits per heavy atom. The largest absolute Gasteiger partial charge is 0.435 e. The van der Waals surface area contributed by atoms with E-state index in [2.05, 4.69) is 0 Å². The van der Waals surface area contributed by atoms with Crippen LogP contribution in [0.1, 0.15) is 12.8 Å². The molecule has 2 heterocycles. The van der Waals surface area contributed by atoms with Crippen LogP contribution in [0.2, 0.25) is 0 Å². The van der Waals surface area contributed by atoms with Gasteiger partial charge in [-0.3, -0.25) is 9.69 Å². The van der Waals surface area contributed by atoms with Gasteiger partial charge in [0.25, 0.3) is 0 Å². The van der Waals surface area contributed by atoms with Gasteiger partial charge in [0.15, 0.2) is 0 Å². The van der Waals surface area contributed by atoms with Crippen LogP contribution in [0.4, 0.5) is 0 Å². The third-order valence-corrected chi connectivity index (χ3v) is 2.85. The minimum Gasteiger partial charge on any atom is -0.435 e. The number of rotatable bonds is 0. The molecule has 14 heavy (non-hydrogen) atoms. The van der Waals surface area contributed by atoms with Crippen molar-refractivity contribution in [3.8, 4) is 0 Å². The average molecular weight is 258 g/mol. The van der Waals surface area contributed by atoms with E-state index in [9.17, 15) is 9.59 Å². The number of carbonyl (C=O) groups is 2. The van der Waals surface area contributed by atoms with Crippen LogP contribution in [0.3, 0.4) is 0 Å². The molecule has 0 aromatic carbocycles. The first-order valence-electron chi connectivity index (χ1n) is 3.99. The first kappa shape index (κ1) is 10.3. The third kappa shape index (κ3) is 1.45. The number of hydrogen-bond donors (Lipinski definition) is 0. The molecule has 7 heteroatoms. The molecule has 0 saturated carbocycles. The van der Waals surface area contributed by atoms with Crippen LogP contribution >= 0.6 is 34.8 Å². The monoisotopic (exact) mass is 257 g/mol. The van der Waals surface area contributed by atoms with Gasteiger partial charge >= 0.3 is 5.97 Å². The lowest BCUT2D eigenvalue weighted by molar-refractivity contribution is -0.144. The number of esters is 1. The first-order valence-corrected chi connectivity index (χ1v) is 5.13. The van der Waals surface area contributed by atoms with E-state index in [1.165, 1.54) is 4.90 Å². The molecule has 1 amide bonds. The third-order valence-electron chi connectivity index (χ3n) is 2.29. The van der Waals surface area contributed by atoms with E-state index in [1.807, 2.05) is 0 Å². The van der Waals surface area contributed by atoms with Crippen LogP contribution in [0.5, 0.6) is 0 Å². The van der Waals surface area contributed by atoms with Crippen LogP contribution in [0, 0.1) is 0 Å². The lowest BCUT2D eigenvalue weighted by Crippen LogP contribution is -2.43. The van der Waals surface area contributed by atoms with Gasteiger partial charge < -0.3 is 4.74 Å². The lowest BCUT2D eigenvalue weighted by Gasteiger charge is -2.25. The second kappa shape index (κ2) is 3.15.